The standard InChI is InChI=1S/C15H12N2O3/c1-9-7-14(19)17(15(20)13(9)8-16)12-5-3-11(4-6-12)10(2)18/h3-7,20H,1-2H3. The summed E-state index contributed by atoms with van der Waals surface area (Å²) < 4.78 is 1.04. The Balaban J connectivity index is 2.67. The summed E-state index contributed by atoms with van der Waals surface area (Å²) in [5, 5.41) is 19.1. The number of carbonyl (C=O) groups excluding carboxylic acids is 1. The molecule has 2 rings (SSSR count). The van der Waals surface area contributed by atoms with Crippen molar-refractivity contribution in [2.24, 2.45) is 0 Å². The molecular weight excluding hydrogens is 256 g/mol. The highest BCUT2D eigenvalue weighted by atomic mass is 16.3. The van der Waals surface area contributed by atoms with Gasteiger partial charge in [-0.3, -0.25) is 9.59 Å². The van der Waals surface area contributed by atoms with Crippen molar-refractivity contribution in [1.29, 1.82) is 5.26 Å². The number of ketones is 1. The van der Waals surface area contributed by atoms with Gasteiger partial charge in [-0.25, -0.2) is 4.57 Å². The molecule has 0 fully saturated rings. The van der Waals surface area contributed by atoms with E-state index in [0.717, 1.165) is 4.57 Å². The molecule has 0 amide bonds. The number of aromatic nitrogens is 1. The molecule has 0 unspecified atom stereocenters. The van der Waals surface area contributed by atoms with Crippen LogP contribution < -0.4 is 5.56 Å². The van der Waals surface area contributed by atoms with Crippen LogP contribution in [0.15, 0.2) is 35.1 Å². The molecule has 0 atom stereocenters. The summed E-state index contributed by atoms with van der Waals surface area (Å²) in [6, 6.07) is 9.39. The van der Waals surface area contributed by atoms with Crippen molar-refractivity contribution >= 4 is 5.78 Å². The molecule has 0 saturated heterocycles. The fourth-order valence-corrected chi connectivity index (χ4v) is 1.95. The lowest BCUT2D eigenvalue weighted by atomic mass is 10.1. The molecule has 1 aromatic carbocycles. The maximum atomic E-state index is 12.0. The highest BCUT2D eigenvalue weighted by Gasteiger charge is 2.13. The first kappa shape index (κ1) is 13.6. The molecule has 0 spiro atoms. The molecule has 0 radical (unpaired) electrons. The van der Waals surface area contributed by atoms with Gasteiger partial charge in [0, 0.05) is 11.6 Å². The molecule has 0 aliphatic heterocycles. The van der Waals surface area contributed by atoms with Gasteiger partial charge in [-0.2, -0.15) is 5.26 Å². The largest absolute Gasteiger partial charge is 0.493 e. The molecule has 0 saturated carbocycles. The Bertz CT molecular complexity index is 780. The lowest BCUT2D eigenvalue weighted by Gasteiger charge is -2.11. The van der Waals surface area contributed by atoms with Crippen LogP contribution in [-0.2, 0) is 0 Å². The Morgan fingerprint density at radius 3 is 2.40 bits per heavy atom. The summed E-state index contributed by atoms with van der Waals surface area (Å²) in [6.45, 7) is 3.03. The van der Waals surface area contributed by atoms with Gasteiger partial charge in [-0.1, -0.05) is 0 Å². The second-order valence-corrected chi connectivity index (χ2v) is 4.41. The van der Waals surface area contributed by atoms with Gasteiger partial charge in [0.25, 0.3) is 5.56 Å². The van der Waals surface area contributed by atoms with Crippen LogP contribution >= 0.6 is 0 Å². The number of carbonyl (C=O) groups is 1. The zero-order chi connectivity index (χ0) is 14.9. The monoisotopic (exact) mass is 268 g/mol. The summed E-state index contributed by atoms with van der Waals surface area (Å²) >= 11 is 0. The van der Waals surface area contributed by atoms with E-state index < -0.39 is 11.4 Å². The van der Waals surface area contributed by atoms with Crippen LogP contribution in [0.5, 0.6) is 5.88 Å². The number of nitrogens with zero attached hydrogens (tertiary/aromatic N) is 2. The van der Waals surface area contributed by atoms with Crippen molar-refractivity contribution in [3.63, 3.8) is 0 Å². The molecule has 100 valence electrons. The summed E-state index contributed by atoms with van der Waals surface area (Å²) in [5.41, 5.74) is 0.948. The highest BCUT2D eigenvalue weighted by molar-refractivity contribution is 5.94. The Kier molecular flexibility index (Phi) is 3.40. The predicted molar refractivity (Wildman–Crippen MR) is 73.2 cm³/mol. The molecule has 5 heteroatoms. The number of hydrogen-bond donors (Lipinski definition) is 1. The van der Waals surface area contributed by atoms with Gasteiger partial charge in [-0.15, -0.1) is 0 Å². The molecule has 0 bridgehead atoms. The topological polar surface area (TPSA) is 83.1 Å². The third-order valence-electron chi connectivity index (χ3n) is 3.03. The molecule has 0 aliphatic rings. The van der Waals surface area contributed by atoms with Gasteiger partial charge in [0.05, 0.1) is 5.69 Å². The van der Waals surface area contributed by atoms with Crippen molar-refractivity contribution in [1.82, 2.24) is 4.57 Å². The van der Waals surface area contributed by atoms with E-state index in [0.29, 0.717) is 16.8 Å². The minimum absolute atomic E-state index is 0.0558. The smallest absolute Gasteiger partial charge is 0.258 e. The summed E-state index contributed by atoms with van der Waals surface area (Å²) in [6.07, 6.45) is 0. The van der Waals surface area contributed by atoms with E-state index in [9.17, 15) is 14.7 Å². The van der Waals surface area contributed by atoms with E-state index in [2.05, 4.69) is 0 Å². The van der Waals surface area contributed by atoms with Gasteiger partial charge < -0.3 is 5.11 Å². The minimum atomic E-state index is -0.436. The molecule has 5 nitrogen and oxygen atoms in total. The molecule has 1 heterocycles. The number of aryl methyl sites for hydroxylation is 1. The Morgan fingerprint density at radius 2 is 1.90 bits per heavy atom. The average Bonchev–Trinajstić information content (AvgIpc) is 2.39. The van der Waals surface area contributed by atoms with Gasteiger partial charge >= 0.3 is 0 Å². The fraction of sp³-hybridized carbons (Fsp3) is 0.133. The number of nitriles is 1. The van der Waals surface area contributed by atoms with Crippen molar-refractivity contribution in [2.45, 2.75) is 13.8 Å². The number of pyridine rings is 1. The van der Waals surface area contributed by atoms with Crippen LogP contribution in [0, 0.1) is 18.3 Å². The van der Waals surface area contributed by atoms with Crippen molar-refractivity contribution in [3.8, 4) is 17.6 Å². The summed E-state index contributed by atoms with van der Waals surface area (Å²) in [7, 11) is 0. The van der Waals surface area contributed by atoms with E-state index in [4.69, 9.17) is 5.26 Å². The average molecular weight is 268 g/mol. The Labute approximate surface area is 115 Å². The van der Waals surface area contributed by atoms with Gasteiger partial charge in [0.15, 0.2) is 5.78 Å². The Hall–Kier alpha value is -2.87. The van der Waals surface area contributed by atoms with Crippen molar-refractivity contribution in [3.05, 3.63) is 57.4 Å². The van der Waals surface area contributed by atoms with Crippen LogP contribution in [0.2, 0.25) is 0 Å². The van der Waals surface area contributed by atoms with E-state index in [1.807, 2.05) is 6.07 Å². The van der Waals surface area contributed by atoms with Crippen LogP contribution in [-0.4, -0.2) is 15.5 Å². The van der Waals surface area contributed by atoms with Crippen LogP contribution in [0.4, 0.5) is 0 Å². The van der Waals surface area contributed by atoms with E-state index in [1.165, 1.54) is 13.0 Å². The zero-order valence-electron chi connectivity index (χ0n) is 11.0. The quantitative estimate of drug-likeness (QED) is 0.843. The molecule has 20 heavy (non-hydrogen) atoms. The maximum Gasteiger partial charge on any atom is 0.258 e. The van der Waals surface area contributed by atoms with Gasteiger partial charge in [-0.05, 0) is 43.7 Å². The third kappa shape index (κ3) is 2.19. The van der Waals surface area contributed by atoms with Crippen LogP contribution in [0.1, 0.15) is 28.4 Å². The molecule has 2 aromatic rings. The van der Waals surface area contributed by atoms with Crippen molar-refractivity contribution < 1.29 is 9.90 Å². The van der Waals surface area contributed by atoms with Gasteiger partial charge in [0.2, 0.25) is 5.88 Å². The second kappa shape index (κ2) is 5.02. The van der Waals surface area contributed by atoms with E-state index >= 15 is 0 Å². The minimum Gasteiger partial charge on any atom is -0.493 e. The van der Waals surface area contributed by atoms with E-state index in [-0.39, 0.29) is 11.3 Å². The number of rotatable bonds is 2. The predicted octanol–water partition coefficient (Wildman–Crippen LogP) is 1.93. The van der Waals surface area contributed by atoms with Crippen LogP contribution in [0.3, 0.4) is 0 Å². The lowest BCUT2D eigenvalue weighted by molar-refractivity contribution is 0.101. The first-order valence-electron chi connectivity index (χ1n) is 5.92. The number of benzene rings is 1. The normalized spacial score (nSPS) is 10.1. The first-order chi connectivity index (χ1) is 9.45. The third-order valence-corrected chi connectivity index (χ3v) is 3.03. The number of aromatic hydroxyl groups is 1. The molecule has 0 aliphatic carbocycles. The maximum absolute atomic E-state index is 12.0. The second-order valence-electron chi connectivity index (χ2n) is 4.41. The number of hydrogen-bond acceptors (Lipinski definition) is 4. The number of Topliss-reactive ketones (excluding diaryl/α,β-unsaturated/α-hetero) is 1. The molecule has 1 aromatic heterocycles. The first-order valence-corrected chi connectivity index (χ1v) is 5.92. The van der Waals surface area contributed by atoms with Crippen molar-refractivity contribution in [2.75, 3.05) is 0 Å². The lowest BCUT2D eigenvalue weighted by Crippen LogP contribution is -2.19. The zero-order valence-corrected chi connectivity index (χ0v) is 11.0. The highest BCUT2D eigenvalue weighted by Crippen LogP contribution is 2.21. The molecular formula is C15H12N2O3. The Morgan fingerprint density at radius 1 is 1.30 bits per heavy atom. The molecule has 1 N–H and O–H groups in total. The fourth-order valence-electron chi connectivity index (χ4n) is 1.95. The van der Waals surface area contributed by atoms with Crippen LogP contribution in [0.25, 0.3) is 5.69 Å². The SMILES string of the molecule is CC(=O)c1ccc(-n2c(O)c(C#N)c(C)cc2=O)cc1. The van der Waals surface area contributed by atoms with E-state index in [1.54, 1.807) is 31.2 Å². The summed E-state index contributed by atoms with van der Waals surface area (Å²) in [4.78, 5) is 23.2. The van der Waals surface area contributed by atoms with Gasteiger partial charge in [0.1, 0.15) is 11.6 Å². The summed E-state index contributed by atoms with van der Waals surface area (Å²) in [5.74, 6) is -0.484.